The van der Waals surface area contributed by atoms with Gasteiger partial charge in [-0.15, -0.1) is 0 Å². The average molecular weight is 237 g/mol. The fourth-order valence-electron chi connectivity index (χ4n) is 2.43. The molecule has 1 aliphatic heterocycles. The van der Waals surface area contributed by atoms with E-state index in [4.69, 9.17) is 0 Å². The molecule has 0 radical (unpaired) electrons. The van der Waals surface area contributed by atoms with E-state index >= 15 is 0 Å². The summed E-state index contributed by atoms with van der Waals surface area (Å²) in [7, 11) is 0. The first-order valence-electron chi connectivity index (χ1n) is 5.79. The van der Waals surface area contributed by atoms with E-state index in [-0.39, 0.29) is 11.7 Å². The van der Waals surface area contributed by atoms with Crippen molar-refractivity contribution in [3.8, 4) is 0 Å². The first-order valence-corrected chi connectivity index (χ1v) is 5.79. The highest BCUT2D eigenvalue weighted by molar-refractivity contribution is 5.74. The zero-order chi connectivity index (χ0) is 12.4. The predicted octanol–water partition coefficient (Wildman–Crippen LogP) is 2.12. The Hall–Kier alpha value is -1.42. The zero-order valence-corrected chi connectivity index (χ0v) is 9.77. The molecule has 1 saturated heterocycles. The number of halogens is 1. The summed E-state index contributed by atoms with van der Waals surface area (Å²) in [5.41, 5.74) is 0.951. The fourth-order valence-corrected chi connectivity index (χ4v) is 2.43. The smallest absolute Gasteiger partial charge is 0.321 e. The highest BCUT2D eigenvalue weighted by Crippen LogP contribution is 2.25. The number of rotatable bonds is 3. The highest BCUT2D eigenvalue weighted by Gasteiger charge is 2.36. The van der Waals surface area contributed by atoms with Gasteiger partial charge in [-0.2, -0.15) is 0 Å². The lowest BCUT2D eigenvalue weighted by molar-refractivity contribution is -0.143. The summed E-state index contributed by atoms with van der Waals surface area (Å²) in [6.45, 7) is 3.32. The molecule has 0 bridgehead atoms. The van der Waals surface area contributed by atoms with Crippen LogP contribution in [-0.2, 0) is 11.3 Å². The van der Waals surface area contributed by atoms with Crippen molar-refractivity contribution in [3.63, 3.8) is 0 Å². The van der Waals surface area contributed by atoms with Gasteiger partial charge >= 0.3 is 5.97 Å². The Balaban J connectivity index is 2.08. The summed E-state index contributed by atoms with van der Waals surface area (Å²) in [5, 5.41) is 9.17. The van der Waals surface area contributed by atoms with Crippen LogP contribution in [0.4, 0.5) is 4.39 Å². The van der Waals surface area contributed by atoms with Crippen LogP contribution < -0.4 is 0 Å². The predicted molar refractivity (Wildman–Crippen MR) is 62.0 cm³/mol. The molecule has 1 heterocycles. The van der Waals surface area contributed by atoms with E-state index in [1.54, 1.807) is 12.1 Å². The van der Waals surface area contributed by atoms with Crippen LogP contribution in [-0.4, -0.2) is 28.6 Å². The van der Waals surface area contributed by atoms with E-state index in [2.05, 4.69) is 0 Å². The van der Waals surface area contributed by atoms with Gasteiger partial charge in [0.2, 0.25) is 0 Å². The molecule has 1 aromatic rings. The van der Waals surface area contributed by atoms with Gasteiger partial charge in [0.25, 0.3) is 0 Å². The van der Waals surface area contributed by atoms with Crippen molar-refractivity contribution >= 4 is 5.97 Å². The number of likely N-dealkylation sites (tertiary alicyclic amines) is 1. The second-order valence-corrected chi connectivity index (χ2v) is 4.65. The maximum Gasteiger partial charge on any atom is 0.321 e. The normalized spacial score (nSPS) is 25.1. The second-order valence-electron chi connectivity index (χ2n) is 4.65. The Bertz CT molecular complexity index is 404. The van der Waals surface area contributed by atoms with Crippen LogP contribution in [0.5, 0.6) is 0 Å². The molecule has 3 nitrogen and oxygen atoms in total. The Morgan fingerprint density at radius 1 is 1.47 bits per heavy atom. The standard InChI is InChI=1S/C13H16FNO2/c1-9-6-7-15(12(9)13(16)17)8-10-2-4-11(14)5-3-10/h2-5,9,12H,6-8H2,1H3,(H,16,17). The van der Waals surface area contributed by atoms with Gasteiger partial charge < -0.3 is 5.11 Å². The van der Waals surface area contributed by atoms with Crippen molar-refractivity contribution < 1.29 is 14.3 Å². The number of hydrogen-bond donors (Lipinski definition) is 1. The van der Waals surface area contributed by atoms with Crippen LogP contribution in [0.2, 0.25) is 0 Å². The molecular formula is C13H16FNO2. The molecule has 0 amide bonds. The Morgan fingerprint density at radius 3 is 2.71 bits per heavy atom. The molecule has 0 aromatic heterocycles. The zero-order valence-electron chi connectivity index (χ0n) is 9.77. The van der Waals surface area contributed by atoms with Gasteiger partial charge in [0, 0.05) is 6.54 Å². The Morgan fingerprint density at radius 2 is 2.12 bits per heavy atom. The molecule has 1 N–H and O–H groups in total. The maximum absolute atomic E-state index is 12.8. The summed E-state index contributed by atoms with van der Waals surface area (Å²) in [5.74, 6) is -0.858. The lowest BCUT2D eigenvalue weighted by Crippen LogP contribution is -2.38. The summed E-state index contributed by atoms with van der Waals surface area (Å²) in [6, 6.07) is 5.81. The quantitative estimate of drug-likeness (QED) is 0.875. The van der Waals surface area contributed by atoms with E-state index in [1.807, 2.05) is 11.8 Å². The molecule has 0 spiro atoms. The number of benzene rings is 1. The second kappa shape index (κ2) is 4.84. The molecule has 0 aliphatic carbocycles. The van der Waals surface area contributed by atoms with Gasteiger partial charge in [-0.05, 0) is 36.6 Å². The average Bonchev–Trinajstić information content (AvgIpc) is 2.63. The number of carbonyl (C=O) groups is 1. The minimum absolute atomic E-state index is 0.174. The summed E-state index contributed by atoms with van der Waals surface area (Å²) in [6.07, 6.45) is 0.901. The van der Waals surface area contributed by atoms with E-state index in [9.17, 15) is 14.3 Å². The lowest BCUT2D eigenvalue weighted by atomic mass is 10.0. The van der Waals surface area contributed by atoms with Gasteiger partial charge in [-0.25, -0.2) is 4.39 Å². The van der Waals surface area contributed by atoms with Gasteiger partial charge in [0.1, 0.15) is 11.9 Å². The monoisotopic (exact) mass is 237 g/mol. The molecule has 2 atom stereocenters. The highest BCUT2D eigenvalue weighted by atomic mass is 19.1. The SMILES string of the molecule is CC1CCN(Cc2ccc(F)cc2)C1C(=O)O. The number of aliphatic carboxylic acids is 1. The minimum Gasteiger partial charge on any atom is -0.480 e. The van der Waals surface area contributed by atoms with Crippen molar-refractivity contribution in [1.82, 2.24) is 4.90 Å². The molecule has 2 rings (SSSR count). The third-order valence-corrected chi connectivity index (χ3v) is 3.36. The van der Waals surface area contributed by atoms with Crippen molar-refractivity contribution in [1.29, 1.82) is 0 Å². The van der Waals surface area contributed by atoms with Crippen LogP contribution in [0.15, 0.2) is 24.3 Å². The minimum atomic E-state index is -0.767. The first-order chi connectivity index (χ1) is 8.08. The summed E-state index contributed by atoms with van der Waals surface area (Å²) < 4.78 is 12.8. The number of carboxylic acids is 1. The molecule has 0 saturated carbocycles. The maximum atomic E-state index is 12.8. The molecule has 17 heavy (non-hydrogen) atoms. The molecule has 92 valence electrons. The van der Waals surface area contributed by atoms with Gasteiger partial charge in [0.05, 0.1) is 0 Å². The number of carboxylic acid groups (broad SMARTS) is 1. The fraction of sp³-hybridized carbons (Fsp3) is 0.462. The number of hydrogen-bond acceptors (Lipinski definition) is 2. The van der Waals surface area contributed by atoms with Crippen LogP contribution in [0.1, 0.15) is 18.9 Å². The third kappa shape index (κ3) is 2.64. The van der Waals surface area contributed by atoms with Crippen LogP contribution in [0.3, 0.4) is 0 Å². The summed E-state index contributed by atoms with van der Waals surface area (Å²) >= 11 is 0. The molecule has 1 aromatic carbocycles. The molecule has 4 heteroatoms. The van der Waals surface area contributed by atoms with Crippen molar-refractivity contribution in [3.05, 3.63) is 35.6 Å². The topological polar surface area (TPSA) is 40.5 Å². The van der Waals surface area contributed by atoms with Gasteiger partial charge in [-0.3, -0.25) is 9.69 Å². The van der Waals surface area contributed by atoms with Gasteiger partial charge in [-0.1, -0.05) is 19.1 Å². The van der Waals surface area contributed by atoms with E-state index in [1.165, 1.54) is 12.1 Å². The van der Waals surface area contributed by atoms with Crippen LogP contribution >= 0.6 is 0 Å². The van der Waals surface area contributed by atoms with Crippen molar-refractivity contribution in [2.45, 2.75) is 25.9 Å². The largest absolute Gasteiger partial charge is 0.480 e. The van der Waals surface area contributed by atoms with Gasteiger partial charge in [0.15, 0.2) is 0 Å². The van der Waals surface area contributed by atoms with Crippen LogP contribution in [0, 0.1) is 11.7 Å². The van der Waals surface area contributed by atoms with Crippen LogP contribution in [0.25, 0.3) is 0 Å². The molecule has 1 fully saturated rings. The van der Waals surface area contributed by atoms with E-state index in [0.29, 0.717) is 6.54 Å². The van der Waals surface area contributed by atoms with E-state index in [0.717, 1.165) is 18.5 Å². The van der Waals surface area contributed by atoms with E-state index < -0.39 is 12.0 Å². The Labute approximate surface area is 99.9 Å². The molecule has 2 unspecified atom stereocenters. The summed E-state index contributed by atoms with van der Waals surface area (Å²) in [4.78, 5) is 13.1. The number of nitrogens with zero attached hydrogens (tertiary/aromatic N) is 1. The molecular weight excluding hydrogens is 221 g/mol. The Kier molecular flexibility index (Phi) is 3.43. The molecule has 1 aliphatic rings. The van der Waals surface area contributed by atoms with Crippen molar-refractivity contribution in [2.24, 2.45) is 5.92 Å². The van der Waals surface area contributed by atoms with Crippen molar-refractivity contribution in [2.75, 3.05) is 6.54 Å². The third-order valence-electron chi connectivity index (χ3n) is 3.36. The first kappa shape index (κ1) is 12.0. The lowest BCUT2D eigenvalue weighted by Gasteiger charge is -2.23.